The van der Waals surface area contributed by atoms with Gasteiger partial charge < -0.3 is 9.73 Å². The molecule has 1 aromatic carbocycles. The first-order valence-electron chi connectivity index (χ1n) is 5.10. The van der Waals surface area contributed by atoms with E-state index in [-0.39, 0.29) is 5.91 Å². The number of rotatable bonds is 3. The van der Waals surface area contributed by atoms with E-state index in [0.29, 0.717) is 28.7 Å². The quantitative estimate of drug-likeness (QED) is 0.911. The monoisotopic (exact) mass is 250 g/mol. The molecule has 88 valence electrons. The lowest BCUT2D eigenvalue weighted by atomic mass is 10.2. The minimum atomic E-state index is -0.187. The maximum absolute atomic E-state index is 11.7. The Balaban J connectivity index is 1.98. The lowest BCUT2D eigenvalue weighted by Gasteiger charge is -2.03. The van der Waals surface area contributed by atoms with Crippen molar-refractivity contribution in [2.24, 2.45) is 0 Å². The number of oxazole rings is 1. The average Bonchev–Trinajstić information content (AvgIpc) is 2.72. The molecule has 0 aliphatic heterocycles. The molecule has 2 rings (SSSR count). The van der Waals surface area contributed by atoms with Gasteiger partial charge in [-0.25, -0.2) is 4.98 Å². The number of halogens is 1. The van der Waals surface area contributed by atoms with Gasteiger partial charge in [-0.1, -0.05) is 17.7 Å². The molecule has 1 amide bonds. The zero-order valence-corrected chi connectivity index (χ0v) is 9.99. The van der Waals surface area contributed by atoms with Crippen LogP contribution in [0.3, 0.4) is 0 Å². The molecule has 5 heteroatoms. The topological polar surface area (TPSA) is 55.1 Å². The molecule has 1 heterocycles. The van der Waals surface area contributed by atoms with Crippen LogP contribution in [0.5, 0.6) is 0 Å². The predicted octanol–water partition coefficient (Wildman–Crippen LogP) is 2.57. The highest BCUT2D eigenvalue weighted by molar-refractivity contribution is 6.30. The molecule has 1 aromatic heterocycles. The Kier molecular flexibility index (Phi) is 3.44. The second-order valence-electron chi connectivity index (χ2n) is 3.55. The minimum Gasteiger partial charge on any atom is -0.449 e. The summed E-state index contributed by atoms with van der Waals surface area (Å²) in [6, 6.07) is 6.77. The first-order chi connectivity index (χ1) is 8.15. The molecule has 0 unspecified atom stereocenters. The fourth-order valence-electron chi connectivity index (χ4n) is 1.39. The number of carbonyl (C=O) groups excluding carboxylic acids is 1. The number of nitrogens with zero attached hydrogens (tertiary/aromatic N) is 1. The van der Waals surface area contributed by atoms with E-state index in [9.17, 15) is 4.79 Å². The van der Waals surface area contributed by atoms with Crippen LogP contribution in [0.4, 0.5) is 0 Å². The summed E-state index contributed by atoms with van der Waals surface area (Å²) in [5.74, 6) is 0.394. The van der Waals surface area contributed by atoms with Gasteiger partial charge in [0.05, 0.1) is 12.2 Å². The third-order valence-corrected chi connectivity index (χ3v) is 2.42. The number of carbonyl (C=O) groups is 1. The van der Waals surface area contributed by atoms with Gasteiger partial charge in [0.25, 0.3) is 5.91 Å². The lowest BCUT2D eigenvalue weighted by molar-refractivity contribution is 0.0950. The molecule has 0 aliphatic rings. The SMILES string of the molecule is Cc1nc(CNC(=O)c2cccc(Cl)c2)co1. The van der Waals surface area contributed by atoms with Gasteiger partial charge in [-0.05, 0) is 18.2 Å². The van der Waals surface area contributed by atoms with E-state index in [4.69, 9.17) is 16.0 Å². The van der Waals surface area contributed by atoms with Crippen LogP contribution >= 0.6 is 11.6 Å². The third-order valence-electron chi connectivity index (χ3n) is 2.18. The van der Waals surface area contributed by atoms with Crippen LogP contribution in [-0.4, -0.2) is 10.9 Å². The summed E-state index contributed by atoms with van der Waals surface area (Å²) in [5.41, 5.74) is 1.22. The molecular formula is C12H11ClN2O2. The van der Waals surface area contributed by atoms with Gasteiger partial charge in [-0.15, -0.1) is 0 Å². The van der Waals surface area contributed by atoms with E-state index in [1.165, 1.54) is 6.26 Å². The zero-order valence-electron chi connectivity index (χ0n) is 9.24. The lowest BCUT2D eigenvalue weighted by Crippen LogP contribution is -2.22. The van der Waals surface area contributed by atoms with Crippen molar-refractivity contribution in [3.8, 4) is 0 Å². The van der Waals surface area contributed by atoms with Crippen LogP contribution < -0.4 is 5.32 Å². The van der Waals surface area contributed by atoms with Gasteiger partial charge in [0.2, 0.25) is 0 Å². The van der Waals surface area contributed by atoms with Gasteiger partial charge in [0.15, 0.2) is 5.89 Å². The van der Waals surface area contributed by atoms with Crippen LogP contribution in [0, 0.1) is 6.92 Å². The predicted molar refractivity (Wildman–Crippen MR) is 63.9 cm³/mol. The summed E-state index contributed by atoms with van der Waals surface area (Å²) in [7, 11) is 0. The maximum Gasteiger partial charge on any atom is 0.251 e. The highest BCUT2D eigenvalue weighted by Crippen LogP contribution is 2.10. The van der Waals surface area contributed by atoms with Crippen LogP contribution in [0.2, 0.25) is 5.02 Å². The van der Waals surface area contributed by atoms with E-state index in [1.54, 1.807) is 31.2 Å². The second-order valence-corrected chi connectivity index (χ2v) is 3.99. The molecule has 0 saturated carbocycles. The Morgan fingerprint density at radius 2 is 2.35 bits per heavy atom. The minimum absolute atomic E-state index is 0.187. The highest BCUT2D eigenvalue weighted by atomic mass is 35.5. The first-order valence-corrected chi connectivity index (χ1v) is 5.48. The Hall–Kier alpha value is -1.81. The van der Waals surface area contributed by atoms with Crippen molar-refractivity contribution in [2.45, 2.75) is 13.5 Å². The number of hydrogen-bond acceptors (Lipinski definition) is 3. The van der Waals surface area contributed by atoms with Crippen molar-refractivity contribution >= 4 is 17.5 Å². The van der Waals surface area contributed by atoms with Crippen molar-refractivity contribution in [1.82, 2.24) is 10.3 Å². The molecule has 0 radical (unpaired) electrons. The Morgan fingerprint density at radius 1 is 1.53 bits per heavy atom. The molecule has 0 bridgehead atoms. The molecular weight excluding hydrogens is 240 g/mol. The third kappa shape index (κ3) is 3.07. The summed E-state index contributed by atoms with van der Waals surface area (Å²) in [6.45, 7) is 2.09. The summed E-state index contributed by atoms with van der Waals surface area (Å²) in [5, 5.41) is 3.27. The number of hydrogen-bond donors (Lipinski definition) is 1. The van der Waals surface area contributed by atoms with E-state index in [0.717, 1.165) is 0 Å². The van der Waals surface area contributed by atoms with Gasteiger partial charge in [-0.3, -0.25) is 4.79 Å². The van der Waals surface area contributed by atoms with Crippen molar-refractivity contribution in [3.63, 3.8) is 0 Å². The molecule has 17 heavy (non-hydrogen) atoms. The van der Waals surface area contributed by atoms with Crippen molar-refractivity contribution in [2.75, 3.05) is 0 Å². The molecule has 0 spiro atoms. The number of amides is 1. The van der Waals surface area contributed by atoms with Crippen molar-refractivity contribution < 1.29 is 9.21 Å². The van der Waals surface area contributed by atoms with Gasteiger partial charge in [0, 0.05) is 17.5 Å². The first kappa shape index (κ1) is 11.7. The van der Waals surface area contributed by atoms with E-state index >= 15 is 0 Å². The summed E-state index contributed by atoms with van der Waals surface area (Å²) >= 11 is 5.80. The molecule has 4 nitrogen and oxygen atoms in total. The average molecular weight is 251 g/mol. The Labute approximate surface area is 104 Å². The smallest absolute Gasteiger partial charge is 0.251 e. The summed E-state index contributed by atoms with van der Waals surface area (Å²) in [4.78, 5) is 15.8. The highest BCUT2D eigenvalue weighted by Gasteiger charge is 2.06. The van der Waals surface area contributed by atoms with Crippen molar-refractivity contribution in [1.29, 1.82) is 0 Å². The fourth-order valence-corrected chi connectivity index (χ4v) is 1.58. The zero-order chi connectivity index (χ0) is 12.3. The molecule has 0 aliphatic carbocycles. The summed E-state index contributed by atoms with van der Waals surface area (Å²) in [6.07, 6.45) is 1.52. The molecule has 0 fully saturated rings. The van der Waals surface area contributed by atoms with E-state index < -0.39 is 0 Å². The largest absolute Gasteiger partial charge is 0.449 e. The fraction of sp³-hybridized carbons (Fsp3) is 0.167. The van der Waals surface area contributed by atoms with Gasteiger partial charge >= 0.3 is 0 Å². The molecule has 0 atom stereocenters. The molecule has 0 saturated heterocycles. The van der Waals surface area contributed by atoms with Gasteiger partial charge in [-0.2, -0.15) is 0 Å². The van der Waals surface area contributed by atoms with E-state index in [1.807, 2.05) is 0 Å². The number of benzene rings is 1. The number of aryl methyl sites for hydroxylation is 1. The normalized spacial score (nSPS) is 10.2. The standard InChI is InChI=1S/C12H11ClN2O2/c1-8-15-11(7-17-8)6-14-12(16)9-3-2-4-10(13)5-9/h2-5,7H,6H2,1H3,(H,14,16). The Bertz CT molecular complexity index is 537. The van der Waals surface area contributed by atoms with E-state index in [2.05, 4.69) is 10.3 Å². The maximum atomic E-state index is 11.7. The van der Waals surface area contributed by atoms with Crippen LogP contribution in [0.15, 0.2) is 34.9 Å². The number of aromatic nitrogens is 1. The Morgan fingerprint density at radius 3 is 3.00 bits per heavy atom. The second kappa shape index (κ2) is 5.01. The summed E-state index contributed by atoms with van der Waals surface area (Å²) < 4.78 is 5.04. The molecule has 1 N–H and O–H groups in total. The van der Waals surface area contributed by atoms with Crippen LogP contribution in [-0.2, 0) is 6.54 Å². The molecule has 2 aromatic rings. The van der Waals surface area contributed by atoms with Crippen LogP contribution in [0.25, 0.3) is 0 Å². The van der Waals surface area contributed by atoms with Crippen LogP contribution in [0.1, 0.15) is 21.9 Å². The number of nitrogens with one attached hydrogen (secondary N) is 1. The van der Waals surface area contributed by atoms with Gasteiger partial charge in [0.1, 0.15) is 6.26 Å². The van der Waals surface area contributed by atoms with Crippen molar-refractivity contribution in [3.05, 3.63) is 52.7 Å².